The number of aromatic carboxylic acids is 1. The highest BCUT2D eigenvalue weighted by Gasteiger charge is 2.25. The first-order valence-electron chi connectivity index (χ1n) is 9.62. The van der Waals surface area contributed by atoms with Crippen LogP contribution in [0.5, 0.6) is 0 Å². The maximum Gasteiger partial charge on any atom is 0.335 e. The second-order valence-corrected chi connectivity index (χ2v) is 7.61. The molecule has 0 spiro atoms. The van der Waals surface area contributed by atoms with Gasteiger partial charge >= 0.3 is 5.97 Å². The van der Waals surface area contributed by atoms with Crippen molar-refractivity contribution >= 4 is 22.9 Å². The van der Waals surface area contributed by atoms with Gasteiger partial charge in [0.05, 0.1) is 16.6 Å². The molecule has 2 aliphatic carbocycles. The third-order valence-electron chi connectivity index (χ3n) is 5.59. The van der Waals surface area contributed by atoms with E-state index in [1.54, 1.807) is 12.1 Å². The molecule has 2 N–H and O–H groups in total. The van der Waals surface area contributed by atoms with Gasteiger partial charge in [-0.15, -0.1) is 0 Å². The minimum Gasteiger partial charge on any atom is -0.478 e. The number of aromatic nitrogens is 2. The van der Waals surface area contributed by atoms with Crippen LogP contribution in [0.2, 0.25) is 0 Å². The Hall–Kier alpha value is -2.37. The van der Waals surface area contributed by atoms with Crippen LogP contribution in [-0.2, 0) is 17.8 Å². The SMILES string of the molecule is O=C(O)c1ccc2c(c1)nc(CCNC(=O)C1CCCC1)n2CC1CC1. The number of hydrogen-bond donors (Lipinski definition) is 2. The summed E-state index contributed by atoms with van der Waals surface area (Å²) < 4.78 is 2.21. The quantitative estimate of drug-likeness (QED) is 0.800. The van der Waals surface area contributed by atoms with E-state index in [0.717, 1.165) is 49.1 Å². The lowest BCUT2D eigenvalue weighted by molar-refractivity contribution is -0.124. The number of fused-ring (bicyclic) bond motifs is 1. The van der Waals surface area contributed by atoms with Crippen molar-refractivity contribution in [3.8, 4) is 0 Å². The molecule has 1 heterocycles. The van der Waals surface area contributed by atoms with Gasteiger partial charge in [-0.2, -0.15) is 0 Å². The molecule has 0 saturated heterocycles. The zero-order chi connectivity index (χ0) is 18.1. The Kier molecular flexibility index (Phi) is 4.66. The van der Waals surface area contributed by atoms with Crippen molar-refractivity contribution in [2.24, 2.45) is 11.8 Å². The number of carboxylic acids is 1. The van der Waals surface area contributed by atoms with Crippen LogP contribution in [0.3, 0.4) is 0 Å². The number of carbonyl (C=O) groups is 2. The fourth-order valence-corrected chi connectivity index (χ4v) is 3.90. The number of benzene rings is 1. The van der Waals surface area contributed by atoms with E-state index in [-0.39, 0.29) is 17.4 Å². The van der Waals surface area contributed by atoms with E-state index in [0.29, 0.717) is 18.9 Å². The summed E-state index contributed by atoms with van der Waals surface area (Å²) in [5.41, 5.74) is 1.97. The molecule has 6 nitrogen and oxygen atoms in total. The van der Waals surface area contributed by atoms with Crippen LogP contribution in [0.15, 0.2) is 18.2 Å². The molecule has 2 fully saturated rings. The zero-order valence-electron chi connectivity index (χ0n) is 14.9. The summed E-state index contributed by atoms with van der Waals surface area (Å²) >= 11 is 0. The van der Waals surface area contributed by atoms with Gasteiger partial charge in [-0.1, -0.05) is 12.8 Å². The van der Waals surface area contributed by atoms with Gasteiger partial charge in [0.1, 0.15) is 5.82 Å². The fourth-order valence-electron chi connectivity index (χ4n) is 3.90. The van der Waals surface area contributed by atoms with E-state index in [2.05, 4.69) is 14.9 Å². The second kappa shape index (κ2) is 7.09. The van der Waals surface area contributed by atoms with Gasteiger partial charge in [0.2, 0.25) is 5.91 Å². The van der Waals surface area contributed by atoms with Crippen molar-refractivity contribution in [3.05, 3.63) is 29.6 Å². The molecule has 1 amide bonds. The summed E-state index contributed by atoms with van der Waals surface area (Å²) in [5.74, 6) is 1.03. The molecule has 0 radical (unpaired) electrons. The zero-order valence-corrected chi connectivity index (χ0v) is 14.9. The first-order chi connectivity index (χ1) is 12.6. The smallest absolute Gasteiger partial charge is 0.335 e. The molecule has 0 bridgehead atoms. The van der Waals surface area contributed by atoms with Crippen molar-refractivity contribution in [1.82, 2.24) is 14.9 Å². The number of rotatable bonds is 7. The van der Waals surface area contributed by atoms with Gasteiger partial charge in [0.15, 0.2) is 0 Å². The number of carboxylic acid groups (broad SMARTS) is 1. The summed E-state index contributed by atoms with van der Waals surface area (Å²) in [6.45, 7) is 1.50. The molecule has 4 rings (SSSR count). The Morgan fingerprint density at radius 3 is 2.65 bits per heavy atom. The van der Waals surface area contributed by atoms with E-state index in [1.807, 2.05) is 6.07 Å². The van der Waals surface area contributed by atoms with E-state index < -0.39 is 5.97 Å². The van der Waals surface area contributed by atoms with Crippen molar-refractivity contribution in [3.63, 3.8) is 0 Å². The summed E-state index contributed by atoms with van der Waals surface area (Å²) in [6, 6.07) is 5.14. The van der Waals surface area contributed by atoms with Gasteiger partial charge in [-0.25, -0.2) is 9.78 Å². The highest BCUT2D eigenvalue weighted by molar-refractivity contribution is 5.92. The topological polar surface area (TPSA) is 84.2 Å². The molecule has 6 heteroatoms. The molecule has 0 unspecified atom stereocenters. The largest absolute Gasteiger partial charge is 0.478 e. The van der Waals surface area contributed by atoms with Crippen molar-refractivity contribution in [1.29, 1.82) is 0 Å². The lowest BCUT2D eigenvalue weighted by atomic mass is 10.1. The van der Waals surface area contributed by atoms with Gasteiger partial charge in [0, 0.05) is 25.4 Å². The number of nitrogens with one attached hydrogen (secondary N) is 1. The Labute approximate surface area is 152 Å². The van der Waals surface area contributed by atoms with Crippen LogP contribution in [0, 0.1) is 11.8 Å². The number of hydrogen-bond acceptors (Lipinski definition) is 3. The van der Waals surface area contributed by atoms with Crippen LogP contribution >= 0.6 is 0 Å². The molecule has 138 valence electrons. The Bertz CT molecular complexity index is 832. The molecular formula is C20H25N3O3. The van der Waals surface area contributed by atoms with Crippen molar-refractivity contribution < 1.29 is 14.7 Å². The van der Waals surface area contributed by atoms with Crippen LogP contribution in [0.25, 0.3) is 11.0 Å². The standard InChI is InChI=1S/C20H25N3O3/c24-19(14-3-1-2-4-14)21-10-9-18-22-16-11-15(20(25)26)7-8-17(16)23(18)12-13-5-6-13/h7-8,11,13-14H,1-6,9-10,12H2,(H,21,24)(H,25,26). The van der Waals surface area contributed by atoms with E-state index in [9.17, 15) is 14.7 Å². The predicted octanol–water partition coefficient (Wildman–Crippen LogP) is 2.99. The number of nitrogens with zero attached hydrogens (tertiary/aromatic N) is 2. The van der Waals surface area contributed by atoms with E-state index >= 15 is 0 Å². The van der Waals surface area contributed by atoms with E-state index in [4.69, 9.17) is 0 Å². The summed E-state index contributed by atoms with van der Waals surface area (Å²) in [7, 11) is 0. The predicted molar refractivity (Wildman–Crippen MR) is 98.1 cm³/mol. The molecule has 2 aliphatic rings. The van der Waals surface area contributed by atoms with Crippen LogP contribution in [0.4, 0.5) is 0 Å². The first-order valence-corrected chi connectivity index (χ1v) is 9.62. The molecule has 2 saturated carbocycles. The number of amides is 1. The minimum absolute atomic E-state index is 0.167. The van der Waals surface area contributed by atoms with Crippen molar-refractivity contribution in [2.75, 3.05) is 6.54 Å². The summed E-state index contributed by atoms with van der Waals surface area (Å²) in [6.07, 6.45) is 7.47. The average Bonchev–Trinajstić information content (AvgIpc) is 3.15. The normalized spacial score (nSPS) is 17.7. The fraction of sp³-hybridized carbons (Fsp3) is 0.550. The van der Waals surface area contributed by atoms with Crippen LogP contribution < -0.4 is 5.32 Å². The van der Waals surface area contributed by atoms with Gasteiger partial charge in [-0.3, -0.25) is 4.79 Å². The highest BCUT2D eigenvalue weighted by Crippen LogP contribution is 2.32. The molecule has 0 aliphatic heterocycles. The molecule has 1 aromatic carbocycles. The Morgan fingerprint density at radius 2 is 1.96 bits per heavy atom. The third-order valence-corrected chi connectivity index (χ3v) is 5.59. The molecule has 2 aromatic rings. The van der Waals surface area contributed by atoms with Crippen LogP contribution in [-0.4, -0.2) is 33.1 Å². The van der Waals surface area contributed by atoms with Gasteiger partial charge in [0.25, 0.3) is 0 Å². The molecule has 1 aromatic heterocycles. The summed E-state index contributed by atoms with van der Waals surface area (Å²) in [4.78, 5) is 28.1. The first kappa shape index (κ1) is 17.1. The molecular weight excluding hydrogens is 330 g/mol. The Morgan fingerprint density at radius 1 is 1.19 bits per heavy atom. The minimum atomic E-state index is -0.936. The number of carbonyl (C=O) groups excluding carboxylic acids is 1. The number of imidazole rings is 1. The maximum absolute atomic E-state index is 12.2. The van der Waals surface area contributed by atoms with Crippen LogP contribution in [0.1, 0.15) is 54.7 Å². The molecule has 0 atom stereocenters. The third kappa shape index (κ3) is 3.59. The van der Waals surface area contributed by atoms with Gasteiger partial charge < -0.3 is 15.0 Å². The highest BCUT2D eigenvalue weighted by atomic mass is 16.4. The van der Waals surface area contributed by atoms with Gasteiger partial charge in [-0.05, 0) is 49.8 Å². The lowest BCUT2D eigenvalue weighted by Gasteiger charge is -2.11. The second-order valence-electron chi connectivity index (χ2n) is 7.61. The lowest BCUT2D eigenvalue weighted by Crippen LogP contribution is -2.31. The summed E-state index contributed by atoms with van der Waals surface area (Å²) in [5, 5.41) is 12.3. The Balaban J connectivity index is 1.50. The molecule has 26 heavy (non-hydrogen) atoms. The average molecular weight is 355 g/mol. The van der Waals surface area contributed by atoms with E-state index in [1.165, 1.54) is 12.8 Å². The maximum atomic E-state index is 12.2. The van der Waals surface area contributed by atoms with Crippen molar-refractivity contribution in [2.45, 2.75) is 51.5 Å². The monoisotopic (exact) mass is 355 g/mol.